The van der Waals surface area contributed by atoms with E-state index in [2.05, 4.69) is 81.5 Å². The van der Waals surface area contributed by atoms with Gasteiger partial charge in [0.05, 0.1) is 6.61 Å². The van der Waals surface area contributed by atoms with Crippen LogP contribution in [0.15, 0.2) is 48.6 Å². The molecule has 1 amide bonds. The highest BCUT2D eigenvalue weighted by molar-refractivity contribution is 5.69. The van der Waals surface area contributed by atoms with Gasteiger partial charge in [-0.2, -0.15) is 0 Å². The number of unbranched alkanes of at least 4 members (excludes halogenated alkanes) is 18. The monoisotopic (exact) mass is 683 g/mol. The summed E-state index contributed by atoms with van der Waals surface area (Å²) in [6.45, 7) is 7.82. The lowest BCUT2D eigenvalue weighted by Gasteiger charge is -2.50. The summed E-state index contributed by atoms with van der Waals surface area (Å²) in [7, 11) is 4.13. The average Bonchev–Trinajstić information content (AvgIpc) is 3.07. The molecule has 284 valence electrons. The molecule has 1 saturated heterocycles. The number of likely N-dealkylation sites (tertiary alicyclic amines) is 1. The molecule has 4 heteroatoms. The van der Waals surface area contributed by atoms with Crippen molar-refractivity contribution >= 4 is 6.09 Å². The zero-order chi connectivity index (χ0) is 35.5. The van der Waals surface area contributed by atoms with Gasteiger partial charge < -0.3 is 14.5 Å². The average molecular weight is 683 g/mol. The number of hydrogen-bond acceptors (Lipinski definition) is 3. The number of rotatable bonds is 34. The Morgan fingerprint density at radius 2 is 0.939 bits per heavy atom. The summed E-state index contributed by atoms with van der Waals surface area (Å²) in [5, 5.41) is 0. The minimum absolute atomic E-state index is 0.0940. The van der Waals surface area contributed by atoms with Crippen LogP contribution in [0.25, 0.3) is 0 Å². The Kier molecular flexibility index (Phi) is 30.8. The first-order valence-corrected chi connectivity index (χ1v) is 21.2. The van der Waals surface area contributed by atoms with Crippen molar-refractivity contribution in [1.29, 1.82) is 0 Å². The number of hydrogen-bond donors (Lipinski definition) is 0. The third kappa shape index (κ3) is 27.6. The molecule has 0 aromatic rings. The lowest BCUT2D eigenvalue weighted by Crippen LogP contribution is -2.58. The fourth-order valence-corrected chi connectivity index (χ4v) is 6.94. The van der Waals surface area contributed by atoms with Crippen LogP contribution < -0.4 is 0 Å². The lowest BCUT2D eigenvalue weighted by molar-refractivity contribution is -0.0174. The van der Waals surface area contributed by atoms with Gasteiger partial charge in [0.1, 0.15) is 0 Å². The van der Waals surface area contributed by atoms with Crippen molar-refractivity contribution < 1.29 is 9.53 Å². The second kappa shape index (κ2) is 33.3. The summed E-state index contributed by atoms with van der Waals surface area (Å²) in [5.74, 6) is 0. The van der Waals surface area contributed by atoms with Crippen LogP contribution in [0.1, 0.15) is 187 Å². The number of ether oxygens (including phenoxy) is 1. The van der Waals surface area contributed by atoms with E-state index in [1.54, 1.807) is 0 Å². The SMILES string of the molecule is CCCCCC=CCC=CCCCCCCCCC1(CCCCCCCCC=CCC=CCCCCC)CN(C(=O)OCCCN(C)C)C1. The third-order valence-corrected chi connectivity index (χ3v) is 10.1. The maximum atomic E-state index is 12.7. The molecule has 0 unspecified atom stereocenters. The number of amides is 1. The van der Waals surface area contributed by atoms with E-state index in [1.165, 1.54) is 154 Å². The highest BCUT2D eigenvalue weighted by atomic mass is 16.6. The molecular formula is C45H82N2O2. The molecule has 1 heterocycles. The van der Waals surface area contributed by atoms with Gasteiger partial charge in [0.25, 0.3) is 0 Å². The van der Waals surface area contributed by atoms with E-state index in [-0.39, 0.29) is 6.09 Å². The lowest BCUT2D eigenvalue weighted by atomic mass is 9.72. The van der Waals surface area contributed by atoms with Gasteiger partial charge in [-0.25, -0.2) is 4.79 Å². The molecule has 0 atom stereocenters. The quantitative estimate of drug-likeness (QED) is 0.0500. The second-order valence-corrected chi connectivity index (χ2v) is 15.3. The van der Waals surface area contributed by atoms with Gasteiger partial charge in [0.2, 0.25) is 0 Å². The molecule has 1 aliphatic heterocycles. The Balaban J connectivity index is 2.22. The first-order valence-electron chi connectivity index (χ1n) is 21.2. The molecule has 4 nitrogen and oxygen atoms in total. The fraction of sp³-hybridized carbons (Fsp3) is 0.800. The molecule has 0 aromatic heterocycles. The first kappa shape index (κ1) is 45.2. The minimum Gasteiger partial charge on any atom is -0.449 e. The molecule has 49 heavy (non-hydrogen) atoms. The predicted molar refractivity (Wildman–Crippen MR) is 216 cm³/mol. The van der Waals surface area contributed by atoms with E-state index in [4.69, 9.17) is 4.74 Å². The zero-order valence-electron chi connectivity index (χ0n) is 33.3. The summed E-state index contributed by atoms with van der Waals surface area (Å²) >= 11 is 0. The summed E-state index contributed by atoms with van der Waals surface area (Å²) in [5.41, 5.74) is 0.327. The van der Waals surface area contributed by atoms with Crippen molar-refractivity contribution in [3.63, 3.8) is 0 Å². The maximum Gasteiger partial charge on any atom is 0.409 e. The van der Waals surface area contributed by atoms with Gasteiger partial charge in [0.15, 0.2) is 0 Å². The van der Waals surface area contributed by atoms with Gasteiger partial charge in [-0.1, -0.05) is 152 Å². The van der Waals surface area contributed by atoms with Crippen LogP contribution in [-0.4, -0.2) is 56.2 Å². The highest BCUT2D eigenvalue weighted by Crippen LogP contribution is 2.41. The van der Waals surface area contributed by atoms with Crippen molar-refractivity contribution in [3.8, 4) is 0 Å². The Morgan fingerprint density at radius 3 is 1.35 bits per heavy atom. The Labute approximate surface area is 306 Å². The summed E-state index contributed by atoms with van der Waals surface area (Å²) in [6.07, 6.45) is 53.2. The zero-order valence-corrected chi connectivity index (χ0v) is 33.3. The van der Waals surface area contributed by atoms with Crippen molar-refractivity contribution in [2.24, 2.45) is 5.41 Å². The van der Waals surface area contributed by atoms with Crippen molar-refractivity contribution in [2.75, 3.05) is 40.3 Å². The fourth-order valence-electron chi connectivity index (χ4n) is 6.94. The molecular weight excluding hydrogens is 601 g/mol. The number of nitrogens with zero attached hydrogens (tertiary/aromatic N) is 2. The van der Waals surface area contributed by atoms with Gasteiger partial charge >= 0.3 is 6.09 Å². The largest absolute Gasteiger partial charge is 0.449 e. The standard InChI is InChI=1S/C45H82N2O2/c1-5-7-9-11-13-15-17-19-21-23-25-27-29-31-33-35-38-45(42-47(43-45)44(48)49-41-37-40-46(3)4)39-36-34-32-30-28-26-24-22-20-18-16-14-12-10-8-6-2/h13-16,19-22H,5-12,17-18,23-43H2,1-4H3. The van der Waals surface area contributed by atoms with Crippen molar-refractivity contribution in [2.45, 2.75) is 187 Å². The van der Waals surface area contributed by atoms with Gasteiger partial charge in [-0.15, -0.1) is 0 Å². The summed E-state index contributed by atoms with van der Waals surface area (Å²) in [4.78, 5) is 16.8. The van der Waals surface area contributed by atoms with Crippen molar-refractivity contribution in [3.05, 3.63) is 48.6 Å². The summed E-state index contributed by atoms with van der Waals surface area (Å²) in [6, 6.07) is 0. The maximum absolute atomic E-state index is 12.7. The highest BCUT2D eigenvalue weighted by Gasteiger charge is 2.44. The number of allylic oxidation sites excluding steroid dienone is 8. The third-order valence-electron chi connectivity index (χ3n) is 10.1. The normalized spacial score (nSPS) is 14.8. The van der Waals surface area contributed by atoms with Crippen LogP contribution in [0.5, 0.6) is 0 Å². The Hall–Kier alpha value is -1.81. The van der Waals surface area contributed by atoms with Crippen LogP contribution in [0.4, 0.5) is 4.79 Å². The van der Waals surface area contributed by atoms with E-state index in [1.807, 2.05) is 4.90 Å². The van der Waals surface area contributed by atoms with Crippen molar-refractivity contribution in [1.82, 2.24) is 9.80 Å². The van der Waals surface area contributed by atoms with Crippen LogP contribution in [0, 0.1) is 5.41 Å². The Bertz CT molecular complexity index is 802. The molecule has 0 aromatic carbocycles. The topological polar surface area (TPSA) is 32.8 Å². The van der Waals surface area contributed by atoms with Gasteiger partial charge in [-0.05, 0) is 97.6 Å². The molecule has 0 spiro atoms. The molecule has 1 rings (SSSR count). The molecule has 0 radical (unpaired) electrons. The van der Waals surface area contributed by atoms with E-state index >= 15 is 0 Å². The Morgan fingerprint density at radius 1 is 0.551 bits per heavy atom. The molecule has 1 aliphatic rings. The summed E-state index contributed by atoms with van der Waals surface area (Å²) < 4.78 is 5.60. The number of carbonyl (C=O) groups excluding carboxylic acids is 1. The van der Waals surface area contributed by atoms with Crippen LogP contribution >= 0.6 is 0 Å². The molecule has 0 saturated carbocycles. The van der Waals surface area contributed by atoms with Crippen LogP contribution in [0.3, 0.4) is 0 Å². The van der Waals surface area contributed by atoms with Gasteiger partial charge in [-0.3, -0.25) is 0 Å². The van der Waals surface area contributed by atoms with Gasteiger partial charge in [0, 0.05) is 25.0 Å². The number of carbonyl (C=O) groups is 1. The first-order chi connectivity index (χ1) is 24.0. The smallest absolute Gasteiger partial charge is 0.409 e. The van der Waals surface area contributed by atoms with E-state index in [9.17, 15) is 4.79 Å². The van der Waals surface area contributed by atoms with Crippen LogP contribution in [-0.2, 0) is 4.74 Å². The van der Waals surface area contributed by atoms with E-state index in [0.717, 1.165) is 38.9 Å². The molecule has 0 aliphatic carbocycles. The predicted octanol–water partition coefficient (Wildman–Crippen LogP) is 13.8. The van der Waals surface area contributed by atoms with E-state index in [0.29, 0.717) is 12.0 Å². The minimum atomic E-state index is -0.0940. The van der Waals surface area contributed by atoms with E-state index < -0.39 is 0 Å². The second-order valence-electron chi connectivity index (χ2n) is 15.3. The molecule has 0 N–H and O–H groups in total. The van der Waals surface area contributed by atoms with Crippen LogP contribution in [0.2, 0.25) is 0 Å². The molecule has 0 bridgehead atoms. The molecule has 1 fully saturated rings.